The maximum Gasteiger partial charge on any atom is 0.225 e. The largest absolute Gasteiger partial charge is 0.351 e. The summed E-state index contributed by atoms with van der Waals surface area (Å²) in [6.45, 7) is 5.01. The molecule has 4 aromatic rings. The van der Waals surface area contributed by atoms with Crippen molar-refractivity contribution in [3.8, 4) is 0 Å². The number of benzene rings is 1. The Hall–Kier alpha value is -3.11. The first-order chi connectivity index (χ1) is 15.4. The standard InChI is InChI=1S/C22H22BrFN8/c1-22(25,15-2-4-18(24)5-3-15)16-11-26-21(27-12-16)31-8-6-30(7-9-31)20-19-10-17(23)13-32(19)29-14-28-20/h2-5,10-14H,6-9,25H2,1H3. The van der Waals surface area contributed by atoms with Gasteiger partial charge in [0.2, 0.25) is 5.95 Å². The first kappa shape index (κ1) is 20.8. The molecule has 1 saturated heterocycles. The molecule has 1 aliphatic rings. The normalized spacial score (nSPS) is 16.4. The molecule has 0 spiro atoms. The first-order valence-electron chi connectivity index (χ1n) is 10.3. The van der Waals surface area contributed by atoms with Crippen molar-refractivity contribution in [2.75, 3.05) is 36.0 Å². The number of nitrogens with zero attached hydrogens (tertiary/aromatic N) is 7. The third kappa shape index (κ3) is 3.80. The van der Waals surface area contributed by atoms with Gasteiger partial charge >= 0.3 is 0 Å². The van der Waals surface area contributed by atoms with Crippen LogP contribution in [0.25, 0.3) is 5.52 Å². The minimum absolute atomic E-state index is 0.289. The summed E-state index contributed by atoms with van der Waals surface area (Å²) in [6, 6.07) is 8.22. The van der Waals surface area contributed by atoms with Gasteiger partial charge in [-0.1, -0.05) is 12.1 Å². The molecule has 1 unspecified atom stereocenters. The third-order valence-electron chi connectivity index (χ3n) is 5.90. The topological polar surface area (TPSA) is 88.5 Å². The molecule has 4 heterocycles. The lowest BCUT2D eigenvalue weighted by Crippen LogP contribution is -2.47. The Morgan fingerprint density at radius 3 is 2.31 bits per heavy atom. The molecule has 0 saturated carbocycles. The maximum absolute atomic E-state index is 13.3. The lowest BCUT2D eigenvalue weighted by Gasteiger charge is -2.35. The van der Waals surface area contributed by atoms with E-state index in [1.54, 1.807) is 30.9 Å². The van der Waals surface area contributed by atoms with Gasteiger partial charge in [-0.05, 0) is 46.6 Å². The molecule has 2 N–H and O–H groups in total. The van der Waals surface area contributed by atoms with Gasteiger partial charge in [-0.25, -0.2) is 23.9 Å². The number of rotatable bonds is 4. The number of fused-ring (bicyclic) bond motifs is 1. The van der Waals surface area contributed by atoms with Crippen molar-refractivity contribution in [3.63, 3.8) is 0 Å². The fourth-order valence-corrected chi connectivity index (χ4v) is 4.37. The summed E-state index contributed by atoms with van der Waals surface area (Å²) in [5, 5.41) is 4.26. The Balaban J connectivity index is 1.29. The van der Waals surface area contributed by atoms with Crippen molar-refractivity contribution in [1.82, 2.24) is 24.6 Å². The van der Waals surface area contributed by atoms with Crippen LogP contribution in [-0.4, -0.2) is 50.7 Å². The molecule has 32 heavy (non-hydrogen) atoms. The Kier molecular flexibility index (Phi) is 5.26. The lowest BCUT2D eigenvalue weighted by molar-refractivity contribution is 0.585. The summed E-state index contributed by atoms with van der Waals surface area (Å²) in [4.78, 5) is 18.0. The molecule has 0 aliphatic carbocycles. The minimum Gasteiger partial charge on any atom is -0.351 e. The Morgan fingerprint density at radius 2 is 1.62 bits per heavy atom. The minimum atomic E-state index is -0.811. The molecule has 3 aromatic heterocycles. The molecule has 5 rings (SSSR count). The van der Waals surface area contributed by atoms with Gasteiger partial charge in [0.25, 0.3) is 0 Å². The molecule has 10 heteroatoms. The second-order valence-electron chi connectivity index (χ2n) is 8.03. The van der Waals surface area contributed by atoms with Crippen LogP contribution in [0.4, 0.5) is 16.2 Å². The molecule has 1 aliphatic heterocycles. The quantitative estimate of drug-likeness (QED) is 0.464. The molecule has 1 aromatic carbocycles. The van der Waals surface area contributed by atoms with Crippen molar-refractivity contribution in [3.05, 3.63) is 76.7 Å². The number of piperazine rings is 1. The fraction of sp³-hybridized carbons (Fsp3) is 0.273. The van der Waals surface area contributed by atoms with Gasteiger partial charge in [0.1, 0.15) is 17.7 Å². The van der Waals surface area contributed by atoms with E-state index in [0.717, 1.165) is 53.1 Å². The number of nitrogens with two attached hydrogens (primary N) is 1. The highest BCUT2D eigenvalue weighted by Gasteiger charge is 2.26. The summed E-state index contributed by atoms with van der Waals surface area (Å²) in [5.41, 5.74) is 8.26. The van der Waals surface area contributed by atoms with Gasteiger partial charge in [0.15, 0.2) is 5.82 Å². The van der Waals surface area contributed by atoms with E-state index in [-0.39, 0.29) is 5.82 Å². The van der Waals surface area contributed by atoms with Crippen LogP contribution in [0.1, 0.15) is 18.1 Å². The highest BCUT2D eigenvalue weighted by molar-refractivity contribution is 9.10. The SMILES string of the molecule is CC(N)(c1ccc(F)cc1)c1cnc(N2CCN(c3ncnn4cc(Br)cc34)CC2)nc1. The summed E-state index contributed by atoms with van der Waals surface area (Å²) in [5.74, 6) is 1.30. The second-order valence-corrected chi connectivity index (χ2v) is 8.94. The van der Waals surface area contributed by atoms with Crippen molar-refractivity contribution in [2.45, 2.75) is 12.5 Å². The first-order valence-corrected chi connectivity index (χ1v) is 11.1. The van der Waals surface area contributed by atoms with E-state index in [1.807, 2.05) is 23.7 Å². The monoisotopic (exact) mass is 496 g/mol. The highest BCUT2D eigenvalue weighted by atomic mass is 79.9. The number of hydrogen-bond acceptors (Lipinski definition) is 7. The molecular weight excluding hydrogens is 475 g/mol. The third-order valence-corrected chi connectivity index (χ3v) is 6.33. The zero-order valence-electron chi connectivity index (χ0n) is 17.5. The Labute approximate surface area is 193 Å². The van der Waals surface area contributed by atoms with E-state index in [0.29, 0.717) is 5.95 Å². The molecule has 1 atom stereocenters. The van der Waals surface area contributed by atoms with E-state index in [2.05, 4.69) is 45.8 Å². The number of halogens is 2. The molecule has 8 nitrogen and oxygen atoms in total. The van der Waals surface area contributed by atoms with Gasteiger partial charge in [0, 0.05) is 54.8 Å². The van der Waals surface area contributed by atoms with E-state index in [9.17, 15) is 4.39 Å². The van der Waals surface area contributed by atoms with Crippen LogP contribution in [0.15, 0.2) is 59.7 Å². The van der Waals surface area contributed by atoms with Crippen LogP contribution in [0, 0.1) is 5.82 Å². The van der Waals surface area contributed by atoms with Gasteiger partial charge < -0.3 is 15.5 Å². The number of aromatic nitrogens is 5. The zero-order valence-corrected chi connectivity index (χ0v) is 19.1. The Bertz CT molecular complexity index is 1230. The Morgan fingerprint density at radius 1 is 0.969 bits per heavy atom. The fourth-order valence-electron chi connectivity index (χ4n) is 3.96. The van der Waals surface area contributed by atoms with Crippen LogP contribution >= 0.6 is 15.9 Å². The second kappa shape index (κ2) is 8.10. The molecule has 0 bridgehead atoms. The number of anilines is 2. The average molecular weight is 497 g/mol. The van der Waals surface area contributed by atoms with Gasteiger partial charge in [0.05, 0.1) is 5.54 Å². The van der Waals surface area contributed by atoms with Gasteiger partial charge in [-0.2, -0.15) is 5.10 Å². The van der Waals surface area contributed by atoms with Gasteiger partial charge in [-0.3, -0.25) is 0 Å². The molecule has 0 radical (unpaired) electrons. The smallest absolute Gasteiger partial charge is 0.225 e. The van der Waals surface area contributed by atoms with E-state index >= 15 is 0 Å². The average Bonchev–Trinajstić information content (AvgIpc) is 3.20. The van der Waals surface area contributed by atoms with E-state index in [1.165, 1.54) is 12.1 Å². The van der Waals surface area contributed by atoms with Gasteiger partial charge in [-0.15, -0.1) is 0 Å². The molecule has 1 fully saturated rings. The molecule has 0 amide bonds. The highest BCUT2D eigenvalue weighted by Crippen LogP contribution is 2.27. The summed E-state index contributed by atoms with van der Waals surface area (Å²) >= 11 is 3.50. The maximum atomic E-state index is 13.3. The molecule has 164 valence electrons. The predicted octanol–water partition coefficient (Wildman–Crippen LogP) is 2.97. The van der Waals surface area contributed by atoms with Crippen molar-refractivity contribution < 1.29 is 4.39 Å². The van der Waals surface area contributed by atoms with Crippen LogP contribution < -0.4 is 15.5 Å². The summed E-state index contributed by atoms with van der Waals surface area (Å²) in [6.07, 6.45) is 7.01. The predicted molar refractivity (Wildman–Crippen MR) is 124 cm³/mol. The van der Waals surface area contributed by atoms with Crippen LogP contribution in [-0.2, 0) is 5.54 Å². The summed E-state index contributed by atoms with van der Waals surface area (Å²) in [7, 11) is 0. The number of hydrogen-bond donors (Lipinski definition) is 1. The summed E-state index contributed by atoms with van der Waals surface area (Å²) < 4.78 is 16.1. The van der Waals surface area contributed by atoms with Crippen LogP contribution in [0.5, 0.6) is 0 Å². The van der Waals surface area contributed by atoms with Crippen LogP contribution in [0.2, 0.25) is 0 Å². The molecular formula is C22H22BrFN8. The van der Waals surface area contributed by atoms with E-state index in [4.69, 9.17) is 5.73 Å². The van der Waals surface area contributed by atoms with E-state index < -0.39 is 5.54 Å². The lowest BCUT2D eigenvalue weighted by atomic mass is 9.87. The van der Waals surface area contributed by atoms with Crippen molar-refractivity contribution in [1.29, 1.82) is 0 Å². The van der Waals surface area contributed by atoms with Crippen molar-refractivity contribution in [2.24, 2.45) is 5.73 Å². The van der Waals surface area contributed by atoms with Crippen molar-refractivity contribution >= 4 is 33.2 Å². The zero-order chi connectivity index (χ0) is 22.3. The van der Waals surface area contributed by atoms with Crippen LogP contribution in [0.3, 0.4) is 0 Å².